The van der Waals surface area contributed by atoms with Gasteiger partial charge in [0.25, 0.3) is 0 Å². The molecule has 0 saturated heterocycles. The molecule has 0 fully saturated rings. The lowest BCUT2D eigenvalue weighted by atomic mass is 10.1. The number of hydrogen-bond acceptors (Lipinski definition) is 8. The van der Waals surface area contributed by atoms with Crippen LogP contribution in [-0.4, -0.2) is 44.4 Å². The van der Waals surface area contributed by atoms with Crippen molar-refractivity contribution in [2.45, 2.75) is 63.0 Å². The Kier molecular flexibility index (Phi) is 8.22. The van der Waals surface area contributed by atoms with Gasteiger partial charge in [0, 0.05) is 4.90 Å². The van der Waals surface area contributed by atoms with Crippen LogP contribution in [0.5, 0.6) is 5.75 Å². The average Bonchev–Trinajstić information content (AvgIpc) is 3.24. The first-order valence-electron chi connectivity index (χ1n) is 11.2. The number of carbonyl (C=O) groups is 2. The zero-order chi connectivity index (χ0) is 25.6. The van der Waals surface area contributed by atoms with Crippen LogP contribution in [0.4, 0.5) is 0 Å². The molecule has 35 heavy (non-hydrogen) atoms. The molecule has 2 aromatic carbocycles. The first-order valence-corrected chi connectivity index (χ1v) is 12.0. The predicted molar refractivity (Wildman–Crippen MR) is 133 cm³/mol. The maximum Gasteiger partial charge on any atom is 0.338 e. The summed E-state index contributed by atoms with van der Waals surface area (Å²) in [6.07, 6.45) is 1.75. The second-order valence-corrected chi connectivity index (χ2v) is 11.2. The van der Waals surface area contributed by atoms with Gasteiger partial charge < -0.3 is 14.2 Å². The van der Waals surface area contributed by atoms with Gasteiger partial charge in [0.2, 0.25) is 0 Å². The molecule has 186 valence electrons. The lowest BCUT2D eigenvalue weighted by molar-refractivity contribution is -0.156. The molecule has 0 aliphatic carbocycles. The highest BCUT2D eigenvalue weighted by Crippen LogP contribution is 2.34. The van der Waals surface area contributed by atoms with E-state index in [1.165, 1.54) is 11.8 Å². The highest BCUT2D eigenvalue weighted by atomic mass is 32.2. The van der Waals surface area contributed by atoms with Gasteiger partial charge in [-0.05, 0) is 76.6 Å². The number of rotatable bonds is 9. The molecule has 0 spiro atoms. The molecule has 0 N–H and O–H groups in total. The van der Waals surface area contributed by atoms with Crippen molar-refractivity contribution in [3.05, 3.63) is 71.5 Å². The fraction of sp³-hybridized carbons (Fsp3) is 0.385. The summed E-state index contributed by atoms with van der Waals surface area (Å²) in [6.45, 7) is 9.72. The van der Waals surface area contributed by atoms with Crippen molar-refractivity contribution in [1.29, 1.82) is 0 Å². The molecule has 1 heterocycles. The van der Waals surface area contributed by atoms with Crippen molar-refractivity contribution in [2.24, 2.45) is 0 Å². The van der Waals surface area contributed by atoms with E-state index in [1.54, 1.807) is 42.3 Å². The summed E-state index contributed by atoms with van der Waals surface area (Å²) in [4.78, 5) is 25.8. The topological polar surface area (TPSA) is 92.5 Å². The number of ether oxygens (including phenoxy) is 3. The maximum absolute atomic E-state index is 12.5. The van der Waals surface area contributed by atoms with Crippen LogP contribution >= 0.6 is 11.8 Å². The molecule has 0 aliphatic heterocycles. The molecule has 3 rings (SSSR count). The van der Waals surface area contributed by atoms with Gasteiger partial charge in [0.15, 0.2) is 0 Å². The molecule has 0 radical (unpaired) electrons. The lowest BCUT2D eigenvalue weighted by Gasteiger charge is -2.28. The van der Waals surface area contributed by atoms with Gasteiger partial charge in [-0.1, -0.05) is 17.3 Å². The zero-order valence-electron chi connectivity index (χ0n) is 20.9. The molecule has 1 aromatic heterocycles. The third-order valence-electron chi connectivity index (χ3n) is 4.79. The third kappa shape index (κ3) is 7.85. The fourth-order valence-electron chi connectivity index (χ4n) is 3.02. The predicted octanol–water partition coefficient (Wildman–Crippen LogP) is 4.90. The molecule has 3 aromatic rings. The summed E-state index contributed by atoms with van der Waals surface area (Å²) in [5.74, 6) is 0.0366. The monoisotopic (exact) mass is 497 g/mol. The van der Waals surface area contributed by atoms with Crippen LogP contribution in [0.25, 0.3) is 0 Å². The minimum absolute atomic E-state index is 0.0175. The number of carbonyl (C=O) groups excluding carboxylic acids is 2. The molecule has 0 bridgehead atoms. The van der Waals surface area contributed by atoms with Gasteiger partial charge in [0.05, 0.1) is 25.4 Å². The van der Waals surface area contributed by atoms with Crippen LogP contribution in [0.2, 0.25) is 0 Å². The minimum atomic E-state index is -0.771. The van der Waals surface area contributed by atoms with Crippen LogP contribution in [0.3, 0.4) is 0 Å². The van der Waals surface area contributed by atoms with E-state index in [2.05, 4.69) is 10.3 Å². The number of thioether (sulfide) groups is 1. The molecule has 0 unspecified atom stereocenters. The Morgan fingerprint density at radius 3 is 2.23 bits per heavy atom. The lowest BCUT2D eigenvalue weighted by Crippen LogP contribution is -2.36. The van der Waals surface area contributed by atoms with E-state index < -0.39 is 16.3 Å². The Morgan fingerprint density at radius 2 is 1.63 bits per heavy atom. The van der Waals surface area contributed by atoms with E-state index in [1.807, 2.05) is 58.9 Å². The Balaban J connectivity index is 1.52. The van der Waals surface area contributed by atoms with Crippen molar-refractivity contribution < 1.29 is 23.8 Å². The van der Waals surface area contributed by atoms with Crippen molar-refractivity contribution in [3.8, 4) is 5.75 Å². The van der Waals surface area contributed by atoms with Crippen molar-refractivity contribution >= 4 is 23.7 Å². The van der Waals surface area contributed by atoms with Gasteiger partial charge in [0.1, 0.15) is 28.4 Å². The standard InChI is InChI=1S/C26H31N3O5S/c1-25(2,3)34-24(31)26(4,5)35-22-13-9-19(10-14-22)23(30)33-17-20-16-29(28-27-20)15-18-7-11-21(32-6)12-8-18/h7-14,16H,15,17H2,1-6H3. The molecule has 8 nitrogen and oxygen atoms in total. The number of nitrogens with zero attached hydrogens (tertiary/aromatic N) is 3. The quantitative estimate of drug-likeness (QED) is 0.304. The highest BCUT2D eigenvalue weighted by Gasteiger charge is 2.33. The van der Waals surface area contributed by atoms with E-state index >= 15 is 0 Å². The average molecular weight is 498 g/mol. The molecule has 0 aliphatic rings. The summed E-state index contributed by atoms with van der Waals surface area (Å²) in [7, 11) is 1.63. The van der Waals surface area contributed by atoms with Gasteiger partial charge in [-0.2, -0.15) is 0 Å². The van der Waals surface area contributed by atoms with E-state index in [0.717, 1.165) is 16.2 Å². The van der Waals surface area contributed by atoms with E-state index in [9.17, 15) is 9.59 Å². The number of benzene rings is 2. The van der Waals surface area contributed by atoms with Gasteiger partial charge >= 0.3 is 11.9 Å². The van der Waals surface area contributed by atoms with Crippen molar-refractivity contribution in [1.82, 2.24) is 15.0 Å². The third-order valence-corrected chi connectivity index (χ3v) is 5.98. The molecular weight excluding hydrogens is 466 g/mol. The van der Waals surface area contributed by atoms with Gasteiger partial charge in [-0.3, -0.25) is 4.79 Å². The minimum Gasteiger partial charge on any atom is -0.497 e. The number of esters is 2. The number of hydrogen-bond donors (Lipinski definition) is 0. The zero-order valence-corrected chi connectivity index (χ0v) is 21.7. The molecule has 0 atom stereocenters. The van der Waals surface area contributed by atoms with Gasteiger partial charge in [-0.25, -0.2) is 9.48 Å². The maximum atomic E-state index is 12.5. The Hall–Kier alpha value is -3.33. The first-order chi connectivity index (χ1) is 16.4. The summed E-state index contributed by atoms with van der Waals surface area (Å²) in [5.41, 5.74) is 1.46. The van der Waals surface area contributed by atoms with Crippen LogP contribution in [-0.2, 0) is 27.4 Å². The molecule has 9 heteroatoms. The van der Waals surface area contributed by atoms with Crippen LogP contribution < -0.4 is 4.74 Å². The Bertz CT molecular complexity index is 1150. The second-order valence-electron chi connectivity index (χ2n) is 9.47. The number of aromatic nitrogens is 3. The molecular formula is C26H31N3O5S. The summed E-state index contributed by atoms with van der Waals surface area (Å²) >= 11 is 1.38. The van der Waals surface area contributed by atoms with Crippen LogP contribution in [0.1, 0.15) is 56.2 Å². The SMILES string of the molecule is COc1ccc(Cn2cc(COC(=O)c3ccc(SC(C)(C)C(=O)OC(C)(C)C)cc3)nn2)cc1. The van der Waals surface area contributed by atoms with E-state index in [0.29, 0.717) is 17.8 Å². The molecule has 0 amide bonds. The van der Waals surface area contributed by atoms with Crippen LogP contribution in [0.15, 0.2) is 59.6 Å². The summed E-state index contributed by atoms with van der Waals surface area (Å²) in [5, 5.41) is 8.16. The summed E-state index contributed by atoms with van der Waals surface area (Å²) in [6, 6.07) is 14.6. The number of methoxy groups -OCH3 is 1. The molecule has 0 saturated carbocycles. The van der Waals surface area contributed by atoms with Crippen LogP contribution in [0, 0.1) is 0 Å². The Labute approximate surface area is 210 Å². The fourth-order valence-corrected chi connectivity index (χ4v) is 4.01. The van der Waals surface area contributed by atoms with E-state index in [4.69, 9.17) is 14.2 Å². The van der Waals surface area contributed by atoms with Gasteiger partial charge in [-0.15, -0.1) is 16.9 Å². The van der Waals surface area contributed by atoms with E-state index in [-0.39, 0.29) is 12.6 Å². The Morgan fingerprint density at radius 1 is 0.971 bits per heavy atom. The smallest absolute Gasteiger partial charge is 0.338 e. The largest absolute Gasteiger partial charge is 0.497 e. The summed E-state index contributed by atoms with van der Waals surface area (Å²) < 4.78 is 17.0. The highest BCUT2D eigenvalue weighted by molar-refractivity contribution is 8.01. The normalized spacial score (nSPS) is 11.7. The first kappa shape index (κ1) is 26.3. The second kappa shape index (κ2) is 10.9. The van der Waals surface area contributed by atoms with Crippen molar-refractivity contribution in [2.75, 3.05) is 7.11 Å². The van der Waals surface area contributed by atoms with Crippen molar-refractivity contribution in [3.63, 3.8) is 0 Å².